The van der Waals surface area contributed by atoms with Gasteiger partial charge in [-0.3, -0.25) is 4.79 Å². The zero-order valence-corrected chi connectivity index (χ0v) is 16.4. The van der Waals surface area contributed by atoms with E-state index in [9.17, 15) is 4.79 Å². The molecule has 1 saturated heterocycles. The van der Waals surface area contributed by atoms with Crippen LogP contribution in [0.15, 0.2) is 48.5 Å². The van der Waals surface area contributed by atoms with Gasteiger partial charge in [-0.2, -0.15) is 0 Å². The van der Waals surface area contributed by atoms with E-state index in [1.807, 2.05) is 55.1 Å². The first-order valence-electron chi connectivity index (χ1n) is 9.52. The van der Waals surface area contributed by atoms with Crippen molar-refractivity contribution in [2.75, 3.05) is 38.2 Å². The Morgan fingerprint density at radius 1 is 0.963 bits per heavy atom. The minimum Gasteiger partial charge on any atom is -0.497 e. The molecule has 0 saturated carbocycles. The van der Waals surface area contributed by atoms with Crippen LogP contribution in [0.5, 0.6) is 11.5 Å². The van der Waals surface area contributed by atoms with E-state index < -0.39 is 6.10 Å². The average Bonchev–Trinajstić information content (AvgIpc) is 2.73. The summed E-state index contributed by atoms with van der Waals surface area (Å²) in [6, 6.07) is 15.9. The monoisotopic (exact) mass is 368 g/mol. The summed E-state index contributed by atoms with van der Waals surface area (Å²) in [6.07, 6.45) is 0.228. The number of piperazine rings is 1. The maximum atomic E-state index is 12.9. The van der Waals surface area contributed by atoms with Gasteiger partial charge in [0.15, 0.2) is 6.10 Å². The van der Waals surface area contributed by atoms with E-state index in [2.05, 4.69) is 17.0 Å². The van der Waals surface area contributed by atoms with Crippen LogP contribution in [0, 0.1) is 6.92 Å². The second kappa shape index (κ2) is 8.80. The number of aryl methyl sites for hydroxylation is 1. The van der Waals surface area contributed by atoms with Crippen LogP contribution in [-0.4, -0.2) is 50.2 Å². The van der Waals surface area contributed by atoms with Gasteiger partial charge in [0.2, 0.25) is 0 Å². The highest BCUT2D eigenvalue weighted by Gasteiger charge is 2.28. The summed E-state index contributed by atoms with van der Waals surface area (Å²) >= 11 is 0. The lowest BCUT2D eigenvalue weighted by molar-refractivity contribution is -0.139. The highest BCUT2D eigenvalue weighted by molar-refractivity contribution is 5.81. The Labute approximate surface area is 161 Å². The number of benzene rings is 2. The number of rotatable bonds is 6. The molecule has 2 aromatic carbocycles. The number of nitrogens with zero attached hydrogens (tertiary/aromatic N) is 2. The lowest BCUT2D eigenvalue weighted by Gasteiger charge is -2.37. The van der Waals surface area contributed by atoms with Gasteiger partial charge in [0.1, 0.15) is 11.5 Å². The molecule has 0 aromatic heterocycles. The lowest BCUT2D eigenvalue weighted by atomic mass is 10.2. The molecule has 5 heteroatoms. The van der Waals surface area contributed by atoms with Gasteiger partial charge in [-0.05, 0) is 49.7 Å². The van der Waals surface area contributed by atoms with Gasteiger partial charge in [0.05, 0.1) is 7.11 Å². The van der Waals surface area contributed by atoms with E-state index in [-0.39, 0.29) is 5.91 Å². The fourth-order valence-corrected chi connectivity index (χ4v) is 3.27. The van der Waals surface area contributed by atoms with Crippen LogP contribution in [0.1, 0.15) is 18.9 Å². The third kappa shape index (κ3) is 4.73. The molecule has 0 radical (unpaired) electrons. The van der Waals surface area contributed by atoms with Crippen molar-refractivity contribution >= 4 is 11.6 Å². The molecule has 1 atom stereocenters. The number of hydrogen-bond acceptors (Lipinski definition) is 4. The normalized spacial score (nSPS) is 15.4. The van der Waals surface area contributed by atoms with Crippen LogP contribution < -0.4 is 14.4 Å². The number of methoxy groups -OCH3 is 1. The Morgan fingerprint density at radius 3 is 2.11 bits per heavy atom. The number of ether oxygens (including phenoxy) is 2. The Balaban J connectivity index is 1.56. The molecule has 144 valence electrons. The van der Waals surface area contributed by atoms with Crippen molar-refractivity contribution < 1.29 is 14.3 Å². The molecule has 0 bridgehead atoms. The van der Waals surface area contributed by atoms with E-state index in [4.69, 9.17) is 9.47 Å². The van der Waals surface area contributed by atoms with Crippen molar-refractivity contribution in [1.29, 1.82) is 0 Å². The topological polar surface area (TPSA) is 42.0 Å². The molecular weight excluding hydrogens is 340 g/mol. The fraction of sp³-hybridized carbons (Fsp3) is 0.409. The van der Waals surface area contributed by atoms with Crippen molar-refractivity contribution in [2.45, 2.75) is 26.4 Å². The highest BCUT2D eigenvalue weighted by Crippen LogP contribution is 2.21. The summed E-state index contributed by atoms with van der Waals surface area (Å²) < 4.78 is 11.2. The SMILES string of the molecule is CC[C@@H](Oc1ccc(C)cc1)C(=O)N1CCN(c2ccc(OC)cc2)CC1. The first kappa shape index (κ1) is 19.1. The molecule has 0 spiro atoms. The third-order valence-corrected chi connectivity index (χ3v) is 4.97. The quantitative estimate of drug-likeness (QED) is 0.783. The van der Waals surface area contributed by atoms with E-state index >= 15 is 0 Å². The van der Waals surface area contributed by atoms with Crippen molar-refractivity contribution in [2.24, 2.45) is 0 Å². The second-order valence-electron chi connectivity index (χ2n) is 6.84. The van der Waals surface area contributed by atoms with Gasteiger partial charge in [0, 0.05) is 31.9 Å². The van der Waals surface area contributed by atoms with Crippen LogP contribution in [0.3, 0.4) is 0 Å². The number of amides is 1. The number of carbonyl (C=O) groups is 1. The summed E-state index contributed by atoms with van der Waals surface area (Å²) in [5.74, 6) is 1.68. The predicted octanol–water partition coefficient (Wildman–Crippen LogP) is 3.51. The third-order valence-electron chi connectivity index (χ3n) is 4.97. The molecule has 3 rings (SSSR count). The largest absolute Gasteiger partial charge is 0.497 e. The van der Waals surface area contributed by atoms with E-state index in [0.717, 1.165) is 30.3 Å². The molecule has 0 N–H and O–H groups in total. The fourth-order valence-electron chi connectivity index (χ4n) is 3.27. The lowest BCUT2D eigenvalue weighted by Crippen LogP contribution is -2.52. The van der Waals surface area contributed by atoms with Crippen molar-refractivity contribution in [1.82, 2.24) is 4.90 Å². The molecule has 1 heterocycles. The van der Waals surface area contributed by atoms with Crippen molar-refractivity contribution in [3.05, 3.63) is 54.1 Å². The second-order valence-corrected chi connectivity index (χ2v) is 6.84. The summed E-state index contributed by atoms with van der Waals surface area (Å²) in [5.41, 5.74) is 2.34. The molecule has 0 unspecified atom stereocenters. The van der Waals surface area contributed by atoms with E-state index in [1.165, 1.54) is 5.56 Å². The molecule has 2 aromatic rings. The minimum absolute atomic E-state index is 0.0763. The zero-order chi connectivity index (χ0) is 19.2. The van der Waals surface area contributed by atoms with Crippen LogP contribution in [-0.2, 0) is 4.79 Å². The van der Waals surface area contributed by atoms with Crippen molar-refractivity contribution in [3.63, 3.8) is 0 Å². The Morgan fingerprint density at radius 2 is 1.56 bits per heavy atom. The number of carbonyl (C=O) groups excluding carboxylic acids is 1. The van der Waals surface area contributed by atoms with E-state index in [1.54, 1.807) is 7.11 Å². The van der Waals surface area contributed by atoms with Crippen molar-refractivity contribution in [3.8, 4) is 11.5 Å². The minimum atomic E-state index is -0.430. The van der Waals surface area contributed by atoms with Crippen LogP contribution in [0.25, 0.3) is 0 Å². The molecule has 0 aliphatic carbocycles. The number of anilines is 1. The zero-order valence-electron chi connectivity index (χ0n) is 16.4. The van der Waals surface area contributed by atoms with Gasteiger partial charge in [-0.1, -0.05) is 24.6 Å². The highest BCUT2D eigenvalue weighted by atomic mass is 16.5. The molecule has 5 nitrogen and oxygen atoms in total. The first-order valence-corrected chi connectivity index (χ1v) is 9.52. The van der Waals surface area contributed by atoms with Crippen LogP contribution in [0.2, 0.25) is 0 Å². The van der Waals surface area contributed by atoms with Crippen LogP contribution >= 0.6 is 0 Å². The Hall–Kier alpha value is -2.69. The molecule has 1 aliphatic heterocycles. The van der Waals surface area contributed by atoms with Crippen LogP contribution in [0.4, 0.5) is 5.69 Å². The predicted molar refractivity (Wildman–Crippen MR) is 108 cm³/mol. The molecular formula is C22H28N2O3. The molecule has 1 fully saturated rings. The molecule has 27 heavy (non-hydrogen) atoms. The van der Waals surface area contributed by atoms with Gasteiger partial charge in [-0.25, -0.2) is 0 Å². The summed E-state index contributed by atoms with van der Waals surface area (Å²) in [5, 5.41) is 0. The molecule has 1 amide bonds. The molecule has 1 aliphatic rings. The summed E-state index contributed by atoms with van der Waals surface area (Å²) in [4.78, 5) is 17.1. The smallest absolute Gasteiger partial charge is 0.263 e. The summed E-state index contributed by atoms with van der Waals surface area (Å²) in [6.45, 7) is 7.08. The first-order chi connectivity index (χ1) is 13.1. The van der Waals surface area contributed by atoms with Gasteiger partial charge < -0.3 is 19.3 Å². The number of hydrogen-bond donors (Lipinski definition) is 0. The maximum Gasteiger partial charge on any atom is 0.263 e. The maximum absolute atomic E-state index is 12.9. The van der Waals surface area contributed by atoms with Gasteiger partial charge in [-0.15, -0.1) is 0 Å². The summed E-state index contributed by atoms with van der Waals surface area (Å²) in [7, 11) is 1.67. The average molecular weight is 368 g/mol. The van der Waals surface area contributed by atoms with E-state index in [0.29, 0.717) is 19.5 Å². The Bertz CT molecular complexity index is 735. The van der Waals surface area contributed by atoms with Gasteiger partial charge >= 0.3 is 0 Å². The van der Waals surface area contributed by atoms with Gasteiger partial charge in [0.25, 0.3) is 5.91 Å². The Kier molecular flexibility index (Phi) is 6.22. The standard InChI is InChI=1S/C22H28N2O3/c1-4-21(27-20-9-5-17(2)6-10-20)22(25)24-15-13-23(14-16-24)18-7-11-19(26-3)12-8-18/h5-12,21H,4,13-16H2,1-3H3/t21-/m1/s1.